The first-order chi connectivity index (χ1) is 8.54. The van der Waals surface area contributed by atoms with Gasteiger partial charge in [-0.3, -0.25) is 4.68 Å². The third kappa shape index (κ3) is 2.27. The highest BCUT2D eigenvalue weighted by atomic mass is 16.3. The van der Waals surface area contributed by atoms with Crippen molar-refractivity contribution in [1.29, 1.82) is 0 Å². The van der Waals surface area contributed by atoms with E-state index in [0.29, 0.717) is 18.4 Å². The Balaban J connectivity index is 2.63. The number of aliphatic hydroxyl groups excluding tert-OH is 1. The zero-order chi connectivity index (χ0) is 13.3. The Labute approximate surface area is 108 Å². The van der Waals surface area contributed by atoms with Crippen LogP contribution in [0.5, 0.6) is 0 Å². The minimum atomic E-state index is 0.149. The van der Waals surface area contributed by atoms with E-state index in [1.165, 1.54) is 16.5 Å². The van der Waals surface area contributed by atoms with Gasteiger partial charge in [0.05, 0.1) is 11.2 Å². The van der Waals surface area contributed by atoms with Gasteiger partial charge in [0.25, 0.3) is 0 Å². The van der Waals surface area contributed by atoms with Crippen LogP contribution < -0.4 is 0 Å². The number of hydrogen-bond donors (Lipinski definition) is 1. The number of aromatic nitrogens is 2. The Bertz CT molecular complexity index is 541. The van der Waals surface area contributed by atoms with Gasteiger partial charge in [-0.1, -0.05) is 26.0 Å². The second-order valence-corrected chi connectivity index (χ2v) is 5.39. The summed E-state index contributed by atoms with van der Waals surface area (Å²) >= 11 is 0. The van der Waals surface area contributed by atoms with Crippen LogP contribution in [-0.2, 0) is 6.42 Å². The Kier molecular flexibility index (Phi) is 3.71. The number of nitrogens with zero attached hydrogens (tertiary/aromatic N) is 2. The van der Waals surface area contributed by atoms with Crippen LogP contribution in [-0.4, -0.2) is 21.5 Å². The van der Waals surface area contributed by atoms with Crippen molar-refractivity contribution in [3.8, 4) is 0 Å². The third-order valence-corrected chi connectivity index (χ3v) is 3.31. The lowest BCUT2D eigenvalue weighted by Crippen LogP contribution is -2.03. The van der Waals surface area contributed by atoms with Crippen molar-refractivity contribution in [3.63, 3.8) is 0 Å². The van der Waals surface area contributed by atoms with E-state index < -0.39 is 0 Å². The van der Waals surface area contributed by atoms with Crippen molar-refractivity contribution in [2.24, 2.45) is 0 Å². The van der Waals surface area contributed by atoms with Crippen molar-refractivity contribution in [3.05, 3.63) is 29.5 Å². The van der Waals surface area contributed by atoms with Crippen LogP contribution in [0.3, 0.4) is 0 Å². The van der Waals surface area contributed by atoms with Gasteiger partial charge < -0.3 is 5.11 Å². The zero-order valence-corrected chi connectivity index (χ0v) is 11.6. The summed E-state index contributed by atoms with van der Waals surface area (Å²) in [5.41, 5.74) is 3.51. The van der Waals surface area contributed by atoms with Crippen LogP contribution in [0.4, 0.5) is 0 Å². The van der Waals surface area contributed by atoms with E-state index in [-0.39, 0.29) is 6.61 Å². The van der Waals surface area contributed by atoms with Crippen molar-refractivity contribution < 1.29 is 5.11 Å². The molecule has 1 heterocycles. The molecule has 1 aromatic carbocycles. The zero-order valence-electron chi connectivity index (χ0n) is 11.6. The summed E-state index contributed by atoms with van der Waals surface area (Å²) in [4.78, 5) is 0. The van der Waals surface area contributed by atoms with Gasteiger partial charge in [0.1, 0.15) is 0 Å². The SMILES string of the molecule is CC(C)c1ccc2c(CCO)nn(C(C)C)c2c1. The van der Waals surface area contributed by atoms with Crippen LogP contribution in [0.2, 0.25) is 0 Å². The third-order valence-electron chi connectivity index (χ3n) is 3.31. The molecule has 0 bridgehead atoms. The van der Waals surface area contributed by atoms with E-state index in [2.05, 4.69) is 55.7 Å². The van der Waals surface area contributed by atoms with Crippen molar-refractivity contribution >= 4 is 10.9 Å². The molecule has 2 rings (SSSR count). The van der Waals surface area contributed by atoms with Gasteiger partial charge in [-0.2, -0.15) is 5.10 Å². The quantitative estimate of drug-likeness (QED) is 0.899. The molecule has 0 amide bonds. The largest absolute Gasteiger partial charge is 0.396 e. The lowest BCUT2D eigenvalue weighted by Gasteiger charge is -2.09. The molecular weight excluding hydrogens is 224 g/mol. The first-order valence-electron chi connectivity index (χ1n) is 6.66. The van der Waals surface area contributed by atoms with Gasteiger partial charge in [-0.25, -0.2) is 0 Å². The molecule has 0 unspecified atom stereocenters. The highest BCUT2D eigenvalue weighted by Gasteiger charge is 2.13. The highest BCUT2D eigenvalue weighted by molar-refractivity contribution is 5.83. The summed E-state index contributed by atoms with van der Waals surface area (Å²) in [7, 11) is 0. The molecular formula is C15H22N2O. The second-order valence-electron chi connectivity index (χ2n) is 5.39. The Hall–Kier alpha value is -1.35. The predicted molar refractivity (Wildman–Crippen MR) is 75.0 cm³/mol. The number of rotatable bonds is 4. The number of benzene rings is 1. The number of hydrogen-bond acceptors (Lipinski definition) is 2. The van der Waals surface area contributed by atoms with Gasteiger partial charge in [0.15, 0.2) is 0 Å². The van der Waals surface area contributed by atoms with E-state index >= 15 is 0 Å². The van der Waals surface area contributed by atoms with E-state index in [1.807, 2.05) is 0 Å². The van der Waals surface area contributed by atoms with E-state index in [9.17, 15) is 0 Å². The molecule has 1 aromatic heterocycles. The summed E-state index contributed by atoms with van der Waals surface area (Å²) in [6, 6.07) is 6.87. The molecule has 0 aliphatic heterocycles. The molecule has 0 aliphatic carbocycles. The molecule has 0 spiro atoms. The topological polar surface area (TPSA) is 38.1 Å². The molecule has 3 nitrogen and oxygen atoms in total. The maximum Gasteiger partial charge on any atom is 0.0726 e. The molecule has 1 N–H and O–H groups in total. The Morgan fingerprint density at radius 2 is 1.94 bits per heavy atom. The summed E-state index contributed by atoms with van der Waals surface area (Å²) in [5, 5.41) is 14.9. The fraction of sp³-hybridized carbons (Fsp3) is 0.533. The van der Waals surface area contributed by atoms with Gasteiger partial charge in [-0.05, 0) is 31.4 Å². The molecule has 98 valence electrons. The predicted octanol–water partition coefficient (Wildman–Crippen LogP) is 3.28. The first-order valence-corrected chi connectivity index (χ1v) is 6.66. The summed E-state index contributed by atoms with van der Waals surface area (Å²) < 4.78 is 2.06. The van der Waals surface area contributed by atoms with E-state index in [0.717, 1.165) is 5.69 Å². The van der Waals surface area contributed by atoms with Gasteiger partial charge >= 0.3 is 0 Å². The molecule has 0 saturated heterocycles. The molecule has 2 aromatic rings. The fourth-order valence-corrected chi connectivity index (χ4v) is 2.26. The van der Waals surface area contributed by atoms with Gasteiger partial charge in [0, 0.05) is 24.5 Å². The summed E-state index contributed by atoms with van der Waals surface area (Å²) in [5.74, 6) is 0.520. The lowest BCUT2D eigenvalue weighted by molar-refractivity contribution is 0.298. The monoisotopic (exact) mass is 246 g/mol. The second kappa shape index (κ2) is 5.11. The standard InChI is InChI=1S/C15H22N2O/c1-10(2)12-5-6-13-14(7-8-18)16-17(11(3)4)15(13)9-12/h5-6,9-11,18H,7-8H2,1-4H3. The Morgan fingerprint density at radius 1 is 1.22 bits per heavy atom. The van der Waals surface area contributed by atoms with Crippen LogP contribution in [0.25, 0.3) is 10.9 Å². The average Bonchev–Trinajstić information content (AvgIpc) is 2.68. The Morgan fingerprint density at radius 3 is 2.50 bits per heavy atom. The number of aliphatic hydroxyl groups is 1. The molecule has 0 aliphatic rings. The maximum atomic E-state index is 9.12. The normalized spacial score (nSPS) is 11.9. The maximum absolute atomic E-state index is 9.12. The smallest absolute Gasteiger partial charge is 0.0726 e. The van der Waals surface area contributed by atoms with Crippen molar-refractivity contribution in [2.45, 2.75) is 46.1 Å². The summed E-state index contributed by atoms with van der Waals surface area (Å²) in [6.07, 6.45) is 0.622. The van der Waals surface area contributed by atoms with Gasteiger partial charge in [-0.15, -0.1) is 0 Å². The van der Waals surface area contributed by atoms with Crippen molar-refractivity contribution in [2.75, 3.05) is 6.61 Å². The lowest BCUT2D eigenvalue weighted by atomic mass is 10.0. The number of fused-ring (bicyclic) bond motifs is 1. The summed E-state index contributed by atoms with van der Waals surface area (Å²) in [6.45, 7) is 8.82. The minimum Gasteiger partial charge on any atom is -0.396 e. The van der Waals surface area contributed by atoms with Gasteiger partial charge in [0.2, 0.25) is 0 Å². The van der Waals surface area contributed by atoms with Crippen LogP contribution in [0, 0.1) is 0 Å². The van der Waals surface area contributed by atoms with Crippen LogP contribution in [0.1, 0.15) is 50.9 Å². The first kappa shape index (κ1) is 13.1. The molecule has 0 fully saturated rings. The molecule has 18 heavy (non-hydrogen) atoms. The minimum absolute atomic E-state index is 0.149. The molecule has 3 heteroatoms. The van der Waals surface area contributed by atoms with Crippen molar-refractivity contribution in [1.82, 2.24) is 9.78 Å². The molecule has 0 atom stereocenters. The van der Waals surface area contributed by atoms with Crippen LogP contribution >= 0.6 is 0 Å². The molecule has 0 radical (unpaired) electrons. The van der Waals surface area contributed by atoms with E-state index in [4.69, 9.17) is 5.11 Å². The van der Waals surface area contributed by atoms with E-state index in [1.54, 1.807) is 0 Å². The average molecular weight is 246 g/mol. The van der Waals surface area contributed by atoms with Crippen LogP contribution in [0.15, 0.2) is 18.2 Å². The fourth-order valence-electron chi connectivity index (χ4n) is 2.26. The highest BCUT2D eigenvalue weighted by Crippen LogP contribution is 2.26. The molecule has 0 saturated carbocycles.